The molecular formula is C9H12F2O5. The van der Waals surface area contributed by atoms with E-state index in [-0.39, 0.29) is 13.0 Å². The van der Waals surface area contributed by atoms with Crippen molar-refractivity contribution >= 4 is 5.97 Å². The van der Waals surface area contributed by atoms with Gasteiger partial charge in [-0.1, -0.05) is 6.08 Å². The lowest BCUT2D eigenvalue weighted by Gasteiger charge is -2.35. The number of aliphatic carboxylic acids is 1. The Morgan fingerprint density at radius 3 is 2.62 bits per heavy atom. The number of carboxylic acids is 1. The largest absolute Gasteiger partial charge is 0.477 e. The van der Waals surface area contributed by atoms with Crippen LogP contribution in [0, 0.1) is 0 Å². The van der Waals surface area contributed by atoms with Crippen LogP contribution in [0.3, 0.4) is 0 Å². The number of carbonyl (C=O) groups is 1. The number of hydrogen-bond donors (Lipinski definition) is 2. The second-order valence-corrected chi connectivity index (χ2v) is 3.49. The summed E-state index contributed by atoms with van der Waals surface area (Å²) in [6.07, 6.45) is -0.997. The molecule has 1 aliphatic rings. The highest BCUT2D eigenvalue weighted by Crippen LogP contribution is 2.39. The Labute approximate surface area is 90.2 Å². The highest BCUT2D eigenvalue weighted by molar-refractivity contribution is 5.77. The van der Waals surface area contributed by atoms with Gasteiger partial charge in [0, 0.05) is 12.8 Å². The first-order chi connectivity index (χ1) is 7.36. The molecule has 0 spiro atoms. The second kappa shape index (κ2) is 4.44. The number of rotatable bonds is 5. The molecule has 1 rings (SSSR count). The Bertz CT molecular complexity index is 288. The molecule has 0 aliphatic carbocycles. The lowest BCUT2D eigenvalue weighted by atomic mass is 9.84. The molecule has 1 aliphatic heterocycles. The molecule has 92 valence electrons. The smallest absolute Gasteiger partial charge is 0.377 e. The molecule has 0 saturated carbocycles. The maximum absolute atomic E-state index is 13.4. The van der Waals surface area contributed by atoms with Gasteiger partial charge >= 0.3 is 11.9 Å². The summed E-state index contributed by atoms with van der Waals surface area (Å²) in [7, 11) is 0. The van der Waals surface area contributed by atoms with E-state index in [1.165, 1.54) is 0 Å². The van der Waals surface area contributed by atoms with Gasteiger partial charge in [-0.2, -0.15) is 8.78 Å². The monoisotopic (exact) mass is 238 g/mol. The van der Waals surface area contributed by atoms with Gasteiger partial charge < -0.3 is 10.2 Å². The molecule has 0 aromatic heterocycles. The molecule has 0 aromatic rings. The predicted octanol–water partition coefficient (Wildman–Crippen LogP) is 0.734. The first-order valence-corrected chi connectivity index (χ1v) is 4.59. The fourth-order valence-electron chi connectivity index (χ4n) is 1.52. The number of halogens is 2. The zero-order valence-corrected chi connectivity index (χ0v) is 8.36. The molecule has 0 aromatic carbocycles. The van der Waals surface area contributed by atoms with Gasteiger partial charge in [-0.3, -0.25) is 0 Å². The maximum atomic E-state index is 13.4. The number of aliphatic hydroxyl groups is 1. The van der Waals surface area contributed by atoms with Gasteiger partial charge in [-0.05, 0) is 0 Å². The topological polar surface area (TPSA) is 76.0 Å². The van der Waals surface area contributed by atoms with E-state index in [1.807, 2.05) is 0 Å². The molecule has 2 unspecified atom stereocenters. The van der Waals surface area contributed by atoms with Crippen LogP contribution < -0.4 is 0 Å². The summed E-state index contributed by atoms with van der Waals surface area (Å²) >= 11 is 0. The van der Waals surface area contributed by atoms with Crippen LogP contribution in [0.1, 0.15) is 12.8 Å². The van der Waals surface area contributed by atoms with Crippen molar-refractivity contribution in [1.29, 1.82) is 0 Å². The second-order valence-electron chi connectivity index (χ2n) is 3.49. The summed E-state index contributed by atoms with van der Waals surface area (Å²) in [6.45, 7) is 3.23. The summed E-state index contributed by atoms with van der Waals surface area (Å²) in [6, 6.07) is 0. The van der Waals surface area contributed by atoms with Crippen molar-refractivity contribution in [3.8, 4) is 0 Å². The van der Waals surface area contributed by atoms with E-state index in [9.17, 15) is 18.7 Å². The number of carboxylic acid groups (broad SMARTS) is 1. The Hall–Kier alpha value is -1.05. The quantitative estimate of drug-likeness (QED) is 0.545. The summed E-state index contributed by atoms with van der Waals surface area (Å²) < 4.78 is 26.8. The van der Waals surface area contributed by atoms with Crippen LogP contribution >= 0.6 is 0 Å². The molecule has 1 heterocycles. The third-order valence-electron chi connectivity index (χ3n) is 2.45. The van der Waals surface area contributed by atoms with E-state index in [0.717, 1.165) is 6.08 Å². The lowest BCUT2D eigenvalue weighted by molar-refractivity contribution is -0.326. The maximum Gasteiger partial charge on any atom is 0.377 e. The Balaban J connectivity index is 3.03. The Kier molecular flexibility index (Phi) is 3.61. The van der Waals surface area contributed by atoms with Crippen LogP contribution in [-0.4, -0.2) is 40.4 Å². The van der Waals surface area contributed by atoms with Crippen LogP contribution in [0.4, 0.5) is 8.78 Å². The van der Waals surface area contributed by atoms with E-state index in [4.69, 9.17) is 5.11 Å². The van der Waals surface area contributed by atoms with Crippen molar-refractivity contribution in [3.05, 3.63) is 12.7 Å². The van der Waals surface area contributed by atoms with Crippen LogP contribution in [0.5, 0.6) is 0 Å². The summed E-state index contributed by atoms with van der Waals surface area (Å²) in [5, 5.41) is 18.2. The van der Waals surface area contributed by atoms with Crippen molar-refractivity contribution in [2.45, 2.75) is 30.5 Å². The third-order valence-corrected chi connectivity index (χ3v) is 2.45. The zero-order valence-electron chi connectivity index (χ0n) is 8.36. The van der Waals surface area contributed by atoms with Gasteiger partial charge in [0.1, 0.15) is 6.10 Å². The fourth-order valence-corrected chi connectivity index (χ4v) is 1.52. The number of hydrogen-bond acceptors (Lipinski definition) is 4. The van der Waals surface area contributed by atoms with Gasteiger partial charge in [0.05, 0.1) is 6.61 Å². The Morgan fingerprint density at radius 2 is 2.25 bits per heavy atom. The average molecular weight is 238 g/mol. The summed E-state index contributed by atoms with van der Waals surface area (Å²) in [4.78, 5) is 19.3. The van der Waals surface area contributed by atoms with Crippen molar-refractivity contribution in [1.82, 2.24) is 0 Å². The standard InChI is InChI=1S/C9H12F2O5/c1-2-4-8(14,6-3-5-15-16-6)9(10,11)7(12)13/h2,6,14H,1,3-5H2,(H,12,13). The number of alkyl halides is 2. The average Bonchev–Trinajstić information content (AvgIpc) is 2.70. The molecule has 7 heteroatoms. The van der Waals surface area contributed by atoms with Gasteiger partial charge in [-0.15, -0.1) is 6.58 Å². The van der Waals surface area contributed by atoms with E-state index in [2.05, 4.69) is 16.4 Å². The first-order valence-electron chi connectivity index (χ1n) is 4.59. The third kappa shape index (κ3) is 1.93. The van der Waals surface area contributed by atoms with Crippen molar-refractivity contribution in [2.24, 2.45) is 0 Å². The van der Waals surface area contributed by atoms with Crippen LogP contribution in [0.15, 0.2) is 12.7 Å². The molecule has 1 fully saturated rings. The van der Waals surface area contributed by atoms with Crippen LogP contribution in [0.25, 0.3) is 0 Å². The van der Waals surface area contributed by atoms with E-state index in [0.29, 0.717) is 0 Å². The molecule has 2 atom stereocenters. The van der Waals surface area contributed by atoms with E-state index in [1.54, 1.807) is 0 Å². The lowest BCUT2D eigenvalue weighted by Crippen LogP contribution is -2.60. The van der Waals surface area contributed by atoms with Gasteiger partial charge in [0.2, 0.25) is 0 Å². The Morgan fingerprint density at radius 1 is 1.62 bits per heavy atom. The highest BCUT2D eigenvalue weighted by Gasteiger charge is 2.63. The molecule has 5 nitrogen and oxygen atoms in total. The summed E-state index contributed by atoms with van der Waals surface area (Å²) in [5.41, 5.74) is -2.85. The molecule has 16 heavy (non-hydrogen) atoms. The molecule has 0 radical (unpaired) electrons. The minimum Gasteiger partial charge on any atom is -0.477 e. The SMILES string of the molecule is C=CCC(O)(C1CCOO1)C(F)(F)C(=O)O. The molecule has 2 N–H and O–H groups in total. The van der Waals surface area contributed by atoms with Gasteiger partial charge in [0.25, 0.3) is 0 Å². The minimum absolute atomic E-state index is 0.00674. The highest BCUT2D eigenvalue weighted by atomic mass is 19.3. The van der Waals surface area contributed by atoms with Gasteiger partial charge in [-0.25, -0.2) is 14.6 Å². The minimum atomic E-state index is -4.33. The van der Waals surface area contributed by atoms with Crippen LogP contribution in [-0.2, 0) is 14.6 Å². The predicted molar refractivity (Wildman–Crippen MR) is 47.8 cm³/mol. The van der Waals surface area contributed by atoms with E-state index < -0.39 is 30.0 Å². The zero-order chi connectivity index (χ0) is 12.4. The summed E-state index contributed by atoms with van der Waals surface area (Å²) in [5.74, 6) is -6.74. The molecule has 1 saturated heterocycles. The van der Waals surface area contributed by atoms with Crippen molar-refractivity contribution in [3.63, 3.8) is 0 Å². The van der Waals surface area contributed by atoms with Crippen molar-refractivity contribution < 1.29 is 33.6 Å². The molecule has 0 bridgehead atoms. The molecule has 0 amide bonds. The first kappa shape index (κ1) is 13.0. The van der Waals surface area contributed by atoms with Crippen LogP contribution in [0.2, 0.25) is 0 Å². The normalized spacial score (nSPS) is 25.1. The van der Waals surface area contributed by atoms with Crippen molar-refractivity contribution in [2.75, 3.05) is 6.61 Å². The van der Waals surface area contributed by atoms with Gasteiger partial charge in [0.15, 0.2) is 5.60 Å². The molecular weight excluding hydrogens is 226 g/mol. The fraction of sp³-hybridized carbons (Fsp3) is 0.667. The van der Waals surface area contributed by atoms with E-state index >= 15 is 0 Å².